The number of methoxy groups -OCH3 is 1. The first-order valence-corrected chi connectivity index (χ1v) is 5.51. The second-order valence-corrected chi connectivity index (χ2v) is 4.37. The zero-order valence-corrected chi connectivity index (χ0v) is 9.16. The summed E-state index contributed by atoms with van der Waals surface area (Å²) in [5.74, 6) is -0.370. The van der Waals surface area contributed by atoms with E-state index < -0.39 is 0 Å². The van der Waals surface area contributed by atoms with Gasteiger partial charge in [0, 0.05) is 26.4 Å². The largest absolute Gasteiger partial charge is 0.378 e. The van der Waals surface area contributed by atoms with Crippen LogP contribution in [0.25, 0.3) is 0 Å². The minimum Gasteiger partial charge on any atom is -0.378 e. The van der Waals surface area contributed by atoms with Gasteiger partial charge in [0.1, 0.15) is 6.29 Å². The molecule has 2 rings (SSSR count). The topological polar surface area (TPSA) is 44.8 Å². The number of carbonyl (C=O) groups excluding carboxylic acids is 1. The van der Waals surface area contributed by atoms with Crippen molar-refractivity contribution in [3.63, 3.8) is 0 Å². The Labute approximate surface area is 89.9 Å². The summed E-state index contributed by atoms with van der Waals surface area (Å²) in [6, 6.07) is 0. The Kier molecular flexibility index (Phi) is 3.09. The van der Waals surface area contributed by atoms with Crippen molar-refractivity contribution in [2.45, 2.75) is 43.5 Å². The highest BCUT2D eigenvalue weighted by molar-refractivity contribution is 5.51. The van der Waals surface area contributed by atoms with E-state index in [9.17, 15) is 4.79 Å². The van der Waals surface area contributed by atoms with Crippen LogP contribution in [0.2, 0.25) is 0 Å². The zero-order valence-electron chi connectivity index (χ0n) is 9.16. The van der Waals surface area contributed by atoms with Gasteiger partial charge in [-0.05, 0) is 12.8 Å². The molecule has 86 valence electrons. The molecule has 1 saturated heterocycles. The first kappa shape index (κ1) is 11.0. The van der Waals surface area contributed by atoms with E-state index in [0.29, 0.717) is 19.6 Å². The molecule has 4 heteroatoms. The lowest BCUT2D eigenvalue weighted by Crippen LogP contribution is -2.44. The average Bonchev–Trinajstić information content (AvgIpc) is 2.72. The van der Waals surface area contributed by atoms with Gasteiger partial charge in [-0.25, -0.2) is 0 Å². The van der Waals surface area contributed by atoms with E-state index in [2.05, 4.69) is 0 Å². The molecule has 1 aliphatic carbocycles. The van der Waals surface area contributed by atoms with E-state index in [0.717, 1.165) is 32.0 Å². The Hall–Kier alpha value is -0.450. The quantitative estimate of drug-likeness (QED) is 0.664. The maximum Gasteiger partial charge on any atom is 0.168 e. The third-order valence-corrected chi connectivity index (χ3v) is 3.62. The van der Waals surface area contributed by atoms with Gasteiger partial charge in [0.2, 0.25) is 0 Å². The molecule has 0 aromatic rings. The van der Waals surface area contributed by atoms with Crippen molar-refractivity contribution in [1.82, 2.24) is 0 Å². The van der Waals surface area contributed by atoms with Gasteiger partial charge in [0.15, 0.2) is 5.79 Å². The first-order valence-electron chi connectivity index (χ1n) is 5.51. The van der Waals surface area contributed by atoms with Crippen molar-refractivity contribution in [2.75, 3.05) is 20.3 Å². The molecule has 4 nitrogen and oxygen atoms in total. The summed E-state index contributed by atoms with van der Waals surface area (Å²) in [6.07, 6.45) is 4.74. The van der Waals surface area contributed by atoms with Crippen LogP contribution in [0, 0.1) is 0 Å². The molecule has 1 aliphatic heterocycles. The predicted octanol–water partition coefficient (Wildman–Crippen LogP) is 1.28. The highest BCUT2D eigenvalue weighted by Crippen LogP contribution is 2.42. The maximum atomic E-state index is 10.6. The second-order valence-electron chi connectivity index (χ2n) is 4.37. The van der Waals surface area contributed by atoms with Gasteiger partial charge in [0.25, 0.3) is 0 Å². The highest BCUT2D eigenvalue weighted by atomic mass is 16.7. The molecule has 1 spiro atoms. The molecule has 0 atom stereocenters. The van der Waals surface area contributed by atoms with Crippen LogP contribution in [0.3, 0.4) is 0 Å². The number of carbonyl (C=O) groups is 1. The summed E-state index contributed by atoms with van der Waals surface area (Å²) in [7, 11) is 1.68. The van der Waals surface area contributed by atoms with E-state index in [-0.39, 0.29) is 11.4 Å². The van der Waals surface area contributed by atoms with Crippen LogP contribution in [-0.2, 0) is 19.0 Å². The number of hydrogen-bond acceptors (Lipinski definition) is 4. The molecule has 0 amide bonds. The van der Waals surface area contributed by atoms with Gasteiger partial charge in [-0.1, -0.05) is 0 Å². The fourth-order valence-corrected chi connectivity index (χ4v) is 2.52. The van der Waals surface area contributed by atoms with Crippen LogP contribution >= 0.6 is 0 Å². The van der Waals surface area contributed by atoms with E-state index in [1.54, 1.807) is 7.11 Å². The van der Waals surface area contributed by atoms with Crippen LogP contribution in [0.4, 0.5) is 0 Å². The molecule has 2 aliphatic rings. The summed E-state index contributed by atoms with van der Waals surface area (Å²) >= 11 is 0. The molecule has 2 fully saturated rings. The molecule has 0 aromatic carbocycles. The minimum atomic E-state index is -0.370. The second kappa shape index (κ2) is 4.20. The van der Waals surface area contributed by atoms with E-state index in [1.807, 2.05) is 0 Å². The maximum absolute atomic E-state index is 10.6. The summed E-state index contributed by atoms with van der Waals surface area (Å²) in [5.41, 5.74) is -0.275. The third kappa shape index (κ3) is 2.07. The summed E-state index contributed by atoms with van der Waals surface area (Å²) in [5, 5.41) is 0. The molecule has 0 unspecified atom stereocenters. The van der Waals surface area contributed by atoms with E-state index >= 15 is 0 Å². The van der Waals surface area contributed by atoms with Crippen molar-refractivity contribution in [3.8, 4) is 0 Å². The Morgan fingerprint density at radius 3 is 2.27 bits per heavy atom. The van der Waals surface area contributed by atoms with E-state index in [1.165, 1.54) is 0 Å². The van der Waals surface area contributed by atoms with E-state index in [4.69, 9.17) is 14.2 Å². The van der Waals surface area contributed by atoms with Crippen molar-refractivity contribution in [2.24, 2.45) is 0 Å². The normalized spacial score (nSPS) is 28.1. The van der Waals surface area contributed by atoms with Gasteiger partial charge in [0.05, 0.1) is 18.8 Å². The number of hydrogen-bond donors (Lipinski definition) is 0. The van der Waals surface area contributed by atoms with Crippen molar-refractivity contribution < 1.29 is 19.0 Å². The fraction of sp³-hybridized carbons (Fsp3) is 0.909. The molecule has 0 N–H and O–H groups in total. The van der Waals surface area contributed by atoms with Crippen LogP contribution in [-0.4, -0.2) is 38.0 Å². The van der Waals surface area contributed by atoms with Crippen molar-refractivity contribution >= 4 is 6.29 Å². The molecule has 0 bridgehead atoms. The first-order chi connectivity index (χ1) is 7.24. The zero-order chi connectivity index (χ0) is 10.8. The Bertz CT molecular complexity index is 223. The van der Waals surface area contributed by atoms with Crippen molar-refractivity contribution in [1.29, 1.82) is 0 Å². The third-order valence-electron chi connectivity index (χ3n) is 3.62. The monoisotopic (exact) mass is 214 g/mol. The predicted molar refractivity (Wildman–Crippen MR) is 53.5 cm³/mol. The van der Waals surface area contributed by atoms with Gasteiger partial charge >= 0.3 is 0 Å². The van der Waals surface area contributed by atoms with Crippen LogP contribution in [0.1, 0.15) is 32.1 Å². The lowest BCUT2D eigenvalue weighted by atomic mass is 9.79. The number of aldehydes is 1. The average molecular weight is 214 g/mol. The Morgan fingerprint density at radius 2 is 1.80 bits per heavy atom. The molecular weight excluding hydrogens is 196 g/mol. The number of rotatable bonds is 3. The van der Waals surface area contributed by atoms with Crippen LogP contribution < -0.4 is 0 Å². The van der Waals surface area contributed by atoms with Gasteiger partial charge < -0.3 is 19.0 Å². The lowest BCUT2D eigenvalue weighted by Gasteiger charge is -2.41. The molecule has 0 aromatic heterocycles. The summed E-state index contributed by atoms with van der Waals surface area (Å²) < 4.78 is 16.7. The molecule has 0 radical (unpaired) electrons. The van der Waals surface area contributed by atoms with Gasteiger partial charge in [-0.15, -0.1) is 0 Å². The Balaban J connectivity index is 1.97. The van der Waals surface area contributed by atoms with Gasteiger partial charge in [-0.3, -0.25) is 0 Å². The molecule has 1 saturated carbocycles. The molecular formula is C11H18O4. The fourth-order valence-electron chi connectivity index (χ4n) is 2.52. The number of ether oxygens (including phenoxy) is 3. The summed E-state index contributed by atoms with van der Waals surface area (Å²) in [6.45, 7) is 1.38. The van der Waals surface area contributed by atoms with Gasteiger partial charge in [-0.2, -0.15) is 0 Å². The molecule has 1 heterocycles. The van der Waals surface area contributed by atoms with Crippen LogP contribution in [0.15, 0.2) is 0 Å². The minimum absolute atomic E-state index is 0.275. The van der Waals surface area contributed by atoms with Crippen LogP contribution in [0.5, 0.6) is 0 Å². The molecule has 15 heavy (non-hydrogen) atoms. The highest BCUT2D eigenvalue weighted by Gasteiger charge is 2.46. The smallest absolute Gasteiger partial charge is 0.168 e. The SMILES string of the molecule is COC1(CC=O)CCC2(CC1)OCCO2. The lowest BCUT2D eigenvalue weighted by molar-refractivity contribution is -0.207. The Morgan fingerprint density at radius 1 is 1.20 bits per heavy atom. The summed E-state index contributed by atoms with van der Waals surface area (Å²) in [4.78, 5) is 10.6. The standard InChI is InChI=1S/C11H18O4/c1-13-10(6-7-12)2-4-11(5-3-10)14-8-9-15-11/h7H,2-6,8-9H2,1H3. The van der Waals surface area contributed by atoms with Crippen molar-refractivity contribution in [3.05, 3.63) is 0 Å².